The van der Waals surface area contributed by atoms with Crippen molar-refractivity contribution in [2.24, 2.45) is 9.98 Å². The van der Waals surface area contributed by atoms with E-state index in [1.54, 1.807) is 19.3 Å². The van der Waals surface area contributed by atoms with E-state index in [4.69, 9.17) is 0 Å². The molecule has 0 saturated carbocycles. The average molecular weight is 290 g/mol. The van der Waals surface area contributed by atoms with Gasteiger partial charge in [-0.25, -0.2) is 4.39 Å². The van der Waals surface area contributed by atoms with Gasteiger partial charge < -0.3 is 0 Å². The minimum absolute atomic E-state index is 0.224. The standard InChI is InChI=1S/C16H21FN2.C2H6/c1-4-13(9-10-18-3)11-16(19-5-2)14-7-6-8-15(17)12-14;1-2/h6-10,12H,4-5,11H2,1-3H3;1-2H3/b13-9+,18-10?,19-16?;. The van der Waals surface area contributed by atoms with E-state index in [1.165, 1.54) is 17.7 Å². The fourth-order valence-electron chi connectivity index (χ4n) is 1.80. The van der Waals surface area contributed by atoms with E-state index in [0.717, 1.165) is 24.1 Å². The van der Waals surface area contributed by atoms with Gasteiger partial charge in [-0.2, -0.15) is 0 Å². The molecule has 3 heteroatoms. The zero-order valence-electron chi connectivity index (χ0n) is 13.9. The van der Waals surface area contributed by atoms with Crippen LogP contribution in [0.3, 0.4) is 0 Å². The van der Waals surface area contributed by atoms with Gasteiger partial charge in [-0.05, 0) is 37.1 Å². The highest BCUT2D eigenvalue weighted by molar-refractivity contribution is 6.02. The van der Waals surface area contributed by atoms with Gasteiger partial charge in [0.25, 0.3) is 0 Å². The third-order valence-corrected chi connectivity index (χ3v) is 2.81. The zero-order chi connectivity index (χ0) is 16.1. The molecule has 0 spiro atoms. The second-order valence-corrected chi connectivity index (χ2v) is 4.19. The van der Waals surface area contributed by atoms with Crippen molar-refractivity contribution in [2.75, 3.05) is 13.6 Å². The predicted octanol–water partition coefficient (Wildman–Crippen LogP) is 5.09. The van der Waals surface area contributed by atoms with E-state index in [1.807, 2.05) is 32.9 Å². The summed E-state index contributed by atoms with van der Waals surface area (Å²) in [5.41, 5.74) is 3.02. The van der Waals surface area contributed by atoms with Crippen molar-refractivity contribution in [3.8, 4) is 0 Å². The van der Waals surface area contributed by atoms with Crippen LogP contribution < -0.4 is 0 Å². The predicted molar refractivity (Wildman–Crippen MR) is 92.2 cm³/mol. The molecule has 0 fully saturated rings. The number of hydrogen-bond acceptors (Lipinski definition) is 2. The summed E-state index contributed by atoms with van der Waals surface area (Å²) >= 11 is 0. The molecule has 1 aromatic rings. The third-order valence-electron chi connectivity index (χ3n) is 2.81. The van der Waals surface area contributed by atoms with E-state index >= 15 is 0 Å². The van der Waals surface area contributed by atoms with Crippen LogP contribution in [0.15, 0.2) is 45.9 Å². The Bertz CT molecular complexity index is 488. The highest BCUT2D eigenvalue weighted by Gasteiger charge is 2.06. The van der Waals surface area contributed by atoms with Crippen LogP contribution in [0, 0.1) is 5.82 Å². The van der Waals surface area contributed by atoms with Crippen LogP contribution in [0.1, 0.15) is 46.1 Å². The van der Waals surface area contributed by atoms with Crippen LogP contribution in [-0.4, -0.2) is 25.5 Å². The molecule has 1 rings (SSSR count). The molecule has 21 heavy (non-hydrogen) atoms. The Labute approximate surface area is 128 Å². The molecule has 0 aliphatic heterocycles. The van der Waals surface area contributed by atoms with Gasteiger partial charge in [0, 0.05) is 31.9 Å². The molecular weight excluding hydrogens is 263 g/mol. The van der Waals surface area contributed by atoms with E-state index in [-0.39, 0.29) is 5.82 Å². The first kappa shape index (κ1) is 19.2. The Balaban J connectivity index is 0.00000191. The Morgan fingerprint density at radius 2 is 1.95 bits per heavy atom. The van der Waals surface area contributed by atoms with E-state index in [2.05, 4.69) is 16.9 Å². The Morgan fingerprint density at radius 3 is 2.48 bits per heavy atom. The highest BCUT2D eigenvalue weighted by atomic mass is 19.1. The van der Waals surface area contributed by atoms with Crippen molar-refractivity contribution in [1.82, 2.24) is 0 Å². The highest BCUT2D eigenvalue weighted by Crippen LogP contribution is 2.14. The first-order chi connectivity index (χ1) is 10.2. The minimum atomic E-state index is -0.224. The molecule has 0 aliphatic carbocycles. The summed E-state index contributed by atoms with van der Waals surface area (Å²) < 4.78 is 13.3. The van der Waals surface area contributed by atoms with E-state index in [0.29, 0.717) is 6.54 Å². The van der Waals surface area contributed by atoms with Crippen molar-refractivity contribution in [3.05, 3.63) is 47.3 Å². The summed E-state index contributed by atoms with van der Waals surface area (Å²) in [6.45, 7) is 8.79. The fourth-order valence-corrected chi connectivity index (χ4v) is 1.80. The van der Waals surface area contributed by atoms with Crippen LogP contribution in [-0.2, 0) is 0 Å². The maximum absolute atomic E-state index is 13.3. The maximum atomic E-state index is 13.3. The minimum Gasteiger partial charge on any atom is -0.297 e. The number of hydrogen-bond donors (Lipinski definition) is 0. The van der Waals surface area contributed by atoms with Crippen LogP contribution >= 0.6 is 0 Å². The van der Waals surface area contributed by atoms with Crippen LogP contribution in [0.5, 0.6) is 0 Å². The molecule has 2 nitrogen and oxygen atoms in total. The lowest BCUT2D eigenvalue weighted by atomic mass is 10.00. The van der Waals surface area contributed by atoms with Crippen molar-refractivity contribution >= 4 is 11.9 Å². The number of benzene rings is 1. The van der Waals surface area contributed by atoms with Gasteiger partial charge in [-0.3, -0.25) is 9.98 Å². The van der Waals surface area contributed by atoms with E-state index in [9.17, 15) is 4.39 Å². The molecule has 0 atom stereocenters. The summed E-state index contributed by atoms with van der Waals surface area (Å²) in [7, 11) is 1.75. The summed E-state index contributed by atoms with van der Waals surface area (Å²) in [6.07, 6.45) is 5.46. The van der Waals surface area contributed by atoms with Gasteiger partial charge in [0.1, 0.15) is 5.82 Å². The van der Waals surface area contributed by atoms with Crippen molar-refractivity contribution in [2.45, 2.75) is 40.5 Å². The molecule has 116 valence electrons. The third kappa shape index (κ3) is 7.54. The van der Waals surface area contributed by atoms with E-state index < -0.39 is 0 Å². The van der Waals surface area contributed by atoms with Gasteiger partial charge in [-0.15, -0.1) is 0 Å². The SMILES string of the molecule is CC.CCN=C(C/C(=C/C=NC)CC)c1cccc(F)c1. The molecule has 0 bridgehead atoms. The van der Waals surface area contributed by atoms with Crippen LogP contribution in [0.2, 0.25) is 0 Å². The molecule has 0 amide bonds. The molecule has 0 heterocycles. The first-order valence-electron chi connectivity index (χ1n) is 7.60. The normalized spacial score (nSPS) is 12.3. The smallest absolute Gasteiger partial charge is 0.123 e. The van der Waals surface area contributed by atoms with Gasteiger partial charge in [-0.1, -0.05) is 38.5 Å². The first-order valence-corrected chi connectivity index (χ1v) is 7.60. The van der Waals surface area contributed by atoms with Crippen molar-refractivity contribution < 1.29 is 4.39 Å². The molecule has 0 saturated heterocycles. The zero-order valence-corrected chi connectivity index (χ0v) is 13.9. The second-order valence-electron chi connectivity index (χ2n) is 4.19. The van der Waals surface area contributed by atoms with Crippen molar-refractivity contribution in [3.63, 3.8) is 0 Å². The summed E-state index contributed by atoms with van der Waals surface area (Å²) in [4.78, 5) is 8.46. The van der Waals surface area contributed by atoms with Crippen LogP contribution in [0.25, 0.3) is 0 Å². The molecule has 1 aromatic carbocycles. The van der Waals surface area contributed by atoms with Crippen LogP contribution in [0.4, 0.5) is 4.39 Å². The molecule has 0 aliphatic rings. The molecule has 0 N–H and O–H groups in total. The monoisotopic (exact) mass is 290 g/mol. The Kier molecular flexibility index (Phi) is 11.0. The number of rotatable bonds is 6. The van der Waals surface area contributed by atoms with Crippen molar-refractivity contribution in [1.29, 1.82) is 0 Å². The lowest BCUT2D eigenvalue weighted by molar-refractivity contribution is 0.627. The molecule has 0 unspecified atom stereocenters. The number of halogens is 1. The lowest BCUT2D eigenvalue weighted by Crippen LogP contribution is -2.04. The largest absolute Gasteiger partial charge is 0.297 e. The second kappa shape index (κ2) is 12.0. The number of nitrogens with zero attached hydrogens (tertiary/aromatic N) is 2. The average Bonchev–Trinajstić information content (AvgIpc) is 2.52. The maximum Gasteiger partial charge on any atom is 0.123 e. The quantitative estimate of drug-likeness (QED) is 0.652. The summed E-state index contributed by atoms with van der Waals surface area (Å²) in [5, 5.41) is 0. The fraction of sp³-hybridized carbons (Fsp3) is 0.444. The Morgan fingerprint density at radius 1 is 1.24 bits per heavy atom. The lowest BCUT2D eigenvalue weighted by Gasteiger charge is -2.09. The molecular formula is C18H27FN2. The summed E-state index contributed by atoms with van der Waals surface area (Å²) in [5.74, 6) is -0.224. The topological polar surface area (TPSA) is 24.7 Å². The van der Waals surface area contributed by atoms with Gasteiger partial charge in [0.15, 0.2) is 0 Å². The van der Waals surface area contributed by atoms with Gasteiger partial charge in [0.05, 0.1) is 0 Å². The van der Waals surface area contributed by atoms with Gasteiger partial charge >= 0.3 is 0 Å². The molecule has 0 aromatic heterocycles. The number of aliphatic imine (C=N–C) groups is 2. The summed E-state index contributed by atoms with van der Waals surface area (Å²) in [6, 6.07) is 6.61. The van der Waals surface area contributed by atoms with Gasteiger partial charge in [0.2, 0.25) is 0 Å². The molecule has 0 radical (unpaired) electrons. The Hall–Kier alpha value is -1.77. The number of allylic oxidation sites excluding steroid dienone is 2.